The number of nitrogens with one attached hydrogen (secondary N) is 2. The zero-order valence-corrected chi connectivity index (χ0v) is 24.3. The lowest BCUT2D eigenvalue weighted by atomic mass is 10.1. The zero-order chi connectivity index (χ0) is 27.6. The first-order valence-corrected chi connectivity index (χ1v) is 13.3. The highest BCUT2D eigenvalue weighted by Crippen LogP contribution is 2.36. The number of imide groups is 2. The number of carbonyl (C=O) groups is 4. The fourth-order valence-corrected chi connectivity index (χ4v) is 5.23. The number of halogens is 5. The largest absolute Gasteiger partial charge is 0.481 e. The van der Waals surface area contributed by atoms with E-state index in [1.54, 1.807) is 24.3 Å². The quantitative estimate of drug-likeness (QED) is 0.216. The number of urea groups is 1. The van der Waals surface area contributed by atoms with E-state index in [0.29, 0.717) is 41.0 Å². The Kier molecular flexibility index (Phi) is 8.79. The van der Waals surface area contributed by atoms with Gasteiger partial charge in [-0.1, -0.05) is 34.8 Å². The molecule has 1 aliphatic rings. The van der Waals surface area contributed by atoms with Gasteiger partial charge in [-0.05, 0) is 98.1 Å². The number of amides is 5. The van der Waals surface area contributed by atoms with Crippen LogP contribution in [-0.2, 0) is 14.4 Å². The van der Waals surface area contributed by atoms with Gasteiger partial charge >= 0.3 is 6.03 Å². The maximum Gasteiger partial charge on any atom is 0.335 e. The lowest BCUT2D eigenvalue weighted by Gasteiger charge is -2.26. The van der Waals surface area contributed by atoms with Crippen molar-refractivity contribution in [2.24, 2.45) is 0 Å². The molecule has 0 radical (unpaired) electrons. The summed E-state index contributed by atoms with van der Waals surface area (Å²) in [5.74, 6) is -1.76. The van der Waals surface area contributed by atoms with E-state index in [1.165, 1.54) is 36.4 Å². The molecule has 0 bridgehead atoms. The molecule has 0 aliphatic carbocycles. The fourth-order valence-electron chi connectivity index (χ4n) is 3.36. The van der Waals surface area contributed by atoms with Crippen LogP contribution in [0.5, 0.6) is 5.75 Å². The molecule has 1 fully saturated rings. The first-order valence-electron chi connectivity index (χ1n) is 10.6. The second-order valence-electron chi connectivity index (χ2n) is 7.71. The number of hydrogen-bond acceptors (Lipinski definition) is 5. The monoisotopic (exact) mass is 699 g/mol. The van der Waals surface area contributed by atoms with E-state index in [-0.39, 0.29) is 17.9 Å². The van der Waals surface area contributed by atoms with Gasteiger partial charge in [0.25, 0.3) is 17.7 Å². The van der Waals surface area contributed by atoms with Gasteiger partial charge in [0.2, 0.25) is 0 Å². The van der Waals surface area contributed by atoms with Crippen molar-refractivity contribution < 1.29 is 23.9 Å². The van der Waals surface area contributed by atoms with E-state index >= 15 is 0 Å². The standard InChI is InChI=1S/C25H14Br2Cl3N3O5/c26-17-8-12(7-16-23(35)32-25(37)33(24(16)36)15-4-1-13(28)2-5-15)9-18(27)22(17)38-11-21(34)31-14-3-6-19(29)20(30)10-14/h1-10H,11H2,(H,31,34)(H,32,35,37)/b16-7-. The average molecular weight is 703 g/mol. The van der Waals surface area contributed by atoms with E-state index < -0.39 is 23.8 Å². The molecule has 4 rings (SSSR count). The van der Waals surface area contributed by atoms with Gasteiger partial charge in [0.05, 0.1) is 24.7 Å². The third-order valence-corrected chi connectivity index (χ3v) is 7.24. The highest BCUT2D eigenvalue weighted by molar-refractivity contribution is 9.11. The summed E-state index contributed by atoms with van der Waals surface area (Å²) in [5, 5.41) is 5.90. The summed E-state index contributed by atoms with van der Waals surface area (Å²) in [6, 6.07) is 13.0. The maximum absolute atomic E-state index is 13.1. The second-order valence-corrected chi connectivity index (χ2v) is 10.7. The molecular formula is C25H14Br2Cl3N3O5. The highest BCUT2D eigenvalue weighted by atomic mass is 79.9. The van der Waals surface area contributed by atoms with Crippen molar-refractivity contribution in [1.82, 2.24) is 5.32 Å². The Labute approximate surface area is 248 Å². The number of nitrogens with zero attached hydrogens (tertiary/aromatic N) is 1. The lowest BCUT2D eigenvalue weighted by molar-refractivity contribution is -0.122. The molecule has 1 aliphatic heterocycles. The molecule has 0 aromatic heterocycles. The van der Waals surface area contributed by atoms with Crippen molar-refractivity contribution in [3.8, 4) is 5.75 Å². The summed E-state index contributed by atoms with van der Waals surface area (Å²) in [6.45, 7) is -0.322. The molecule has 2 N–H and O–H groups in total. The average Bonchev–Trinajstić information content (AvgIpc) is 2.84. The molecular weight excluding hydrogens is 688 g/mol. The molecule has 8 nitrogen and oxygen atoms in total. The lowest BCUT2D eigenvalue weighted by Crippen LogP contribution is -2.54. The van der Waals surface area contributed by atoms with E-state index in [2.05, 4.69) is 42.5 Å². The molecule has 0 unspecified atom stereocenters. The minimum Gasteiger partial charge on any atom is -0.481 e. The topological polar surface area (TPSA) is 105 Å². The first-order chi connectivity index (χ1) is 18.0. The Balaban J connectivity index is 1.51. The van der Waals surface area contributed by atoms with Crippen molar-refractivity contribution in [2.75, 3.05) is 16.8 Å². The summed E-state index contributed by atoms with van der Waals surface area (Å²) in [7, 11) is 0. The van der Waals surface area contributed by atoms with Gasteiger partial charge in [0, 0.05) is 10.7 Å². The Morgan fingerprint density at radius 3 is 2.24 bits per heavy atom. The van der Waals surface area contributed by atoms with Crippen LogP contribution in [0, 0.1) is 0 Å². The minimum atomic E-state index is -0.871. The number of carbonyl (C=O) groups excluding carboxylic acids is 4. The van der Waals surface area contributed by atoms with Crippen LogP contribution in [0.15, 0.2) is 69.1 Å². The molecule has 1 heterocycles. The van der Waals surface area contributed by atoms with Gasteiger partial charge in [-0.15, -0.1) is 0 Å². The predicted octanol–water partition coefficient (Wildman–Crippen LogP) is 6.86. The van der Waals surface area contributed by atoms with E-state index in [4.69, 9.17) is 39.5 Å². The Morgan fingerprint density at radius 1 is 0.947 bits per heavy atom. The van der Waals surface area contributed by atoms with Gasteiger partial charge in [-0.2, -0.15) is 0 Å². The van der Waals surface area contributed by atoms with Crippen LogP contribution in [0.4, 0.5) is 16.2 Å². The van der Waals surface area contributed by atoms with Crippen LogP contribution in [-0.4, -0.2) is 30.4 Å². The van der Waals surface area contributed by atoms with E-state index in [9.17, 15) is 19.2 Å². The number of rotatable bonds is 6. The smallest absolute Gasteiger partial charge is 0.335 e. The van der Waals surface area contributed by atoms with Gasteiger partial charge in [0.15, 0.2) is 6.61 Å². The molecule has 1 saturated heterocycles. The van der Waals surface area contributed by atoms with E-state index in [1.807, 2.05) is 0 Å². The van der Waals surface area contributed by atoms with Gasteiger partial charge in [-0.25, -0.2) is 9.69 Å². The van der Waals surface area contributed by atoms with Crippen molar-refractivity contribution in [3.05, 3.63) is 89.7 Å². The van der Waals surface area contributed by atoms with Crippen molar-refractivity contribution in [1.29, 1.82) is 0 Å². The minimum absolute atomic E-state index is 0.251. The first kappa shape index (κ1) is 28.1. The maximum atomic E-state index is 13.1. The second kappa shape index (κ2) is 11.9. The molecule has 0 spiro atoms. The van der Waals surface area contributed by atoms with E-state index in [0.717, 1.165) is 4.90 Å². The Bertz CT molecular complexity index is 1490. The van der Waals surface area contributed by atoms with Gasteiger partial charge in [-0.3, -0.25) is 19.7 Å². The van der Waals surface area contributed by atoms with Crippen LogP contribution in [0.2, 0.25) is 15.1 Å². The summed E-state index contributed by atoms with van der Waals surface area (Å²) < 4.78 is 6.53. The molecule has 3 aromatic rings. The predicted molar refractivity (Wildman–Crippen MR) is 153 cm³/mol. The molecule has 0 atom stereocenters. The molecule has 0 saturated carbocycles. The number of barbiturate groups is 1. The van der Waals surface area contributed by atoms with Crippen molar-refractivity contribution in [2.45, 2.75) is 0 Å². The van der Waals surface area contributed by atoms with Gasteiger partial charge in [0.1, 0.15) is 11.3 Å². The fraction of sp³-hybridized carbons (Fsp3) is 0.0400. The third kappa shape index (κ3) is 6.39. The van der Waals surface area contributed by atoms with Crippen LogP contribution < -0.4 is 20.3 Å². The van der Waals surface area contributed by atoms with Crippen molar-refractivity contribution in [3.63, 3.8) is 0 Å². The summed E-state index contributed by atoms with van der Waals surface area (Å²) >= 11 is 24.5. The number of ether oxygens (including phenoxy) is 1. The number of anilines is 2. The number of hydrogen-bond donors (Lipinski definition) is 2. The molecule has 3 aromatic carbocycles. The highest BCUT2D eigenvalue weighted by Gasteiger charge is 2.36. The van der Waals surface area contributed by atoms with Crippen LogP contribution >= 0.6 is 66.7 Å². The summed E-state index contributed by atoms with van der Waals surface area (Å²) in [5.41, 5.74) is 0.892. The summed E-state index contributed by atoms with van der Waals surface area (Å²) in [6.07, 6.45) is 1.34. The Morgan fingerprint density at radius 2 is 1.61 bits per heavy atom. The molecule has 194 valence electrons. The molecule has 13 heteroatoms. The van der Waals surface area contributed by atoms with Crippen LogP contribution in [0.1, 0.15) is 5.56 Å². The Hall–Kier alpha value is -2.89. The zero-order valence-electron chi connectivity index (χ0n) is 18.9. The van der Waals surface area contributed by atoms with Crippen molar-refractivity contribution >= 4 is 108 Å². The van der Waals surface area contributed by atoms with Crippen LogP contribution in [0.25, 0.3) is 6.08 Å². The normalized spacial score (nSPS) is 14.5. The number of benzene rings is 3. The third-order valence-electron chi connectivity index (χ3n) is 5.07. The summed E-state index contributed by atoms with van der Waals surface area (Å²) in [4.78, 5) is 51.1. The van der Waals surface area contributed by atoms with Crippen LogP contribution in [0.3, 0.4) is 0 Å². The molecule has 5 amide bonds. The molecule has 38 heavy (non-hydrogen) atoms. The SMILES string of the molecule is O=C(COc1c(Br)cc(/C=C2/C(=O)NC(=O)N(c3ccc(Cl)cc3)C2=O)cc1Br)Nc1ccc(Cl)c(Cl)c1. The van der Waals surface area contributed by atoms with Gasteiger partial charge < -0.3 is 10.1 Å².